The first kappa shape index (κ1) is 13.1. The van der Waals surface area contributed by atoms with E-state index >= 15 is 0 Å². The van der Waals surface area contributed by atoms with Gasteiger partial charge in [-0.3, -0.25) is 4.79 Å². The van der Waals surface area contributed by atoms with E-state index in [9.17, 15) is 9.90 Å². The van der Waals surface area contributed by atoms with Gasteiger partial charge < -0.3 is 9.84 Å². The quantitative estimate of drug-likeness (QED) is 0.884. The molecule has 0 radical (unpaired) electrons. The molecule has 0 atom stereocenters. The molecule has 0 amide bonds. The molecule has 1 saturated heterocycles. The van der Waals surface area contributed by atoms with Crippen molar-refractivity contribution in [2.75, 3.05) is 13.2 Å². The van der Waals surface area contributed by atoms with Gasteiger partial charge in [-0.15, -0.1) is 16.4 Å². The molecule has 0 unspecified atom stereocenters. The second-order valence-electron chi connectivity index (χ2n) is 4.73. The van der Waals surface area contributed by atoms with Crippen LogP contribution in [0.3, 0.4) is 0 Å². The van der Waals surface area contributed by atoms with Crippen molar-refractivity contribution in [3.8, 4) is 11.5 Å². The van der Waals surface area contributed by atoms with E-state index in [-0.39, 0.29) is 6.54 Å². The summed E-state index contributed by atoms with van der Waals surface area (Å²) in [6.45, 7) is 1.12. The first-order chi connectivity index (χ1) is 9.71. The number of hydrogen-bond donors (Lipinski definition) is 1. The molecule has 0 spiro atoms. The van der Waals surface area contributed by atoms with Crippen LogP contribution in [0.15, 0.2) is 10.9 Å². The highest BCUT2D eigenvalue weighted by molar-refractivity contribution is 7.07. The van der Waals surface area contributed by atoms with Crippen molar-refractivity contribution in [3.05, 3.63) is 10.9 Å². The van der Waals surface area contributed by atoms with Crippen LogP contribution < -0.4 is 0 Å². The summed E-state index contributed by atoms with van der Waals surface area (Å²) in [7, 11) is 0. The van der Waals surface area contributed by atoms with Crippen molar-refractivity contribution < 1.29 is 14.6 Å². The van der Waals surface area contributed by atoms with Crippen molar-refractivity contribution in [2.45, 2.75) is 19.4 Å². The standard InChI is InChI=1S/C11H13N5O3S/c17-10(18)11(1-3-19-4-2-11)6-16-9(13-14-15-16)8-5-20-7-12-8/h5,7H,1-4,6H2,(H,17,18). The first-order valence-corrected chi connectivity index (χ1v) is 7.11. The average Bonchev–Trinajstić information content (AvgIpc) is 3.10. The molecule has 106 valence electrons. The Hall–Kier alpha value is -1.87. The SMILES string of the molecule is O=C(O)C1(Cn2nnnc2-c2cscn2)CCOCC1. The number of carbonyl (C=O) groups is 1. The van der Waals surface area contributed by atoms with E-state index in [0.29, 0.717) is 37.6 Å². The maximum absolute atomic E-state index is 11.6. The fourth-order valence-corrected chi connectivity index (χ4v) is 2.84. The molecule has 1 N–H and O–H groups in total. The van der Waals surface area contributed by atoms with Gasteiger partial charge in [-0.25, -0.2) is 9.67 Å². The molecule has 0 bridgehead atoms. The van der Waals surface area contributed by atoms with E-state index in [1.807, 2.05) is 5.38 Å². The van der Waals surface area contributed by atoms with Crippen LogP contribution in [0.1, 0.15) is 12.8 Å². The molecule has 1 aliphatic rings. The van der Waals surface area contributed by atoms with E-state index in [1.54, 1.807) is 5.51 Å². The fourth-order valence-electron chi connectivity index (χ4n) is 2.31. The Balaban J connectivity index is 1.90. The summed E-state index contributed by atoms with van der Waals surface area (Å²) >= 11 is 1.44. The molecule has 1 aliphatic heterocycles. The van der Waals surface area contributed by atoms with E-state index < -0.39 is 11.4 Å². The second kappa shape index (κ2) is 5.25. The Morgan fingerprint density at radius 3 is 2.95 bits per heavy atom. The molecule has 3 heterocycles. The van der Waals surface area contributed by atoms with Crippen LogP contribution in [0.5, 0.6) is 0 Å². The van der Waals surface area contributed by atoms with Gasteiger partial charge in [0.25, 0.3) is 0 Å². The number of hydrogen-bond acceptors (Lipinski definition) is 7. The molecule has 0 saturated carbocycles. The zero-order valence-corrected chi connectivity index (χ0v) is 11.4. The molecule has 1 fully saturated rings. The number of thiazole rings is 1. The lowest BCUT2D eigenvalue weighted by Crippen LogP contribution is -2.41. The summed E-state index contributed by atoms with van der Waals surface area (Å²) in [5.41, 5.74) is 1.47. The van der Waals surface area contributed by atoms with Crippen molar-refractivity contribution in [1.29, 1.82) is 0 Å². The fraction of sp³-hybridized carbons (Fsp3) is 0.545. The summed E-state index contributed by atoms with van der Waals surface area (Å²) in [4.78, 5) is 15.8. The third-order valence-electron chi connectivity index (χ3n) is 3.55. The van der Waals surface area contributed by atoms with Crippen LogP contribution >= 0.6 is 11.3 Å². The van der Waals surface area contributed by atoms with Crippen molar-refractivity contribution in [1.82, 2.24) is 25.2 Å². The van der Waals surface area contributed by atoms with Crippen LogP contribution in [-0.2, 0) is 16.1 Å². The molecule has 9 heteroatoms. The summed E-state index contributed by atoms with van der Waals surface area (Å²) < 4.78 is 6.78. The van der Waals surface area contributed by atoms with Crippen molar-refractivity contribution in [3.63, 3.8) is 0 Å². The predicted octanol–water partition coefficient (Wildman–Crippen LogP) is 0.678. The zero-order chi connectivity index (χ0) is 14.0. The summed E-state index contributed by atoms with van der Waals surface area (Å²) in [6, 6.07) is 0. The molecule has 2 aromatic heterocycles. The lowest BCUT2D eigenvalue weighted by Gasteiger charge is -2.32. The lowest BCUT2D eigenvalue weighted by molar-refractivity contribution is -0.156. The normalized spacial score (nSPS) is 18.0. The summed E-state index contributed by atoms with van der Waals surface area (Å²) in [5.74, 6) is -0.334. The lowest BCUT2D eigenvalue weighted by atomic mass is 9.80. The molecule has 20 heavy (non-hydrogen) atoms. The van der Waals surface area contributed by atoms with Crippen LogP contribution in [0.25, 0.3) is 11.5 Å². The summed E-state index contributed by atoms with van der Waals surface area (Å²) in [5, 5.41) is 22.9. The molecule has 2 aromatic rings. The number of ether oxygens (including phenoxy) is 1. The number of tetrazole rings is 1. The minimum absolute atomic E-state index is 0.228. The maximum Gasteiger partial charge on any atom is 0.311 e. The minimum atomic E-state index is -0.877. The molecule has 8 nitrogen and oxygen atoms in total. The van der Waals surface area contributed by atoms with Crippen LogP contribution in [-0.4, -0.2) is 49.5 Å². The smallest absolute Gasteiger partial charge is 0.311 e. The van der Waals surface area contributed by atoms with E-state index in [4.69, 9.17) is 4.74 Å². The van der Waals surface area contributed by atoms with Gasteiger partial charge in [0.05, 0.1) is 17.5 Å². The monoisotopic (exact) mass is 295 g/mol. The van der Waals surface area contributed by atoms with Gasteiger partial charge in [0.1, 0.15) is 5.69 Å². The molecular formula is C11H13N5O3S. The number of aliphatic carboxylic acids is 1. The van der Waals surface area contributed by atoms with E-state index in [2.05, 4.69) is 20.5 Å². The van der Waals surface area contributed by atoms with Gasteiger partial charge in [-0.05, 0) is 23.3 Å². The molecule has 0 aromatic carbocycles. The number of aromatic nitrogens is 5. The van der Waals surface area contributed by atoms with Crippen LogP contribution in [0, 0.1) is 5.41 Å². The first-order valence-electron chi connectivity index (χ1n) is 6.17. The third kappa shape index (κ3) is 2.29. The van der Waals surface area contributed by atoms with Crippen LogP contribution in [0.2, 0.25) is 0 Å². The molecule has 3 rings (SSSR count). The predicted molar refractivity (Wildman–Crippen MR) is 69.0 cm³/mol. The number of carboxylic acids is 1. The molecule has 0 aliphatic carbocycles. The van der Waals surface area contributed by atoms with Gasteiger partial charge in [-0.1, -0.05) is 0 Å². The number of carboxylic acid groups (broad SMARTS) is 1. The molecular weight excluding hydrogens is 282 g/mol. The second-order valence-corrected chi connectivity index (χ2v) is 5.45. The van der Waals surface area contributed by atoms with E-state index in [1.165, 1.54) is 16.0 Å². The van der Waals surface area contributed by atoms with Crippen molar-refractivity contribution in [2.24, 2.45) is 5.41 Å². The third-order valence-corrected chi connectivity index (χ3v) is 4.14. The van der Waals surface area contributed by atoms with Gasteiger partial charge in [0.15, 0.2) is 0 Å². The zero-order valence-electron chi connectivity index (χ0n) is 10.6. The van der Waals surface area contributed by atoms with Gasteiger partial charge in [0.2, 0.25) is 5.82 Å². The summed E-state index contributed by atoms with van der Waals surface area (Å²) in [6.07, 6.45) is 0.914. The Bertz CT molecular complexity index is 591. The maximum atomic E-state index is 11.6. The Labute approximate surface area is 118 Å². The number of nitrogens with zero attached hydrogens (tertiary/aromatic N) is 5. The van der Waals surface area contributed by atoms with Gasteiger partial charge in [0, 0.05) is 18.6 Å². The van der Waals surface area contributed by atoms with Crippen molar-refractivity contribution >= 4 is 17.3 Å². The van der Waals surface area contributed by atoms with E-state index in [0.717, 1.165) is 0 Å². The van der Waals surface area contributed by atoms with Gasteiger partial charge in [-0.2, -0.15) is 0 Å². The largest absolute Gasteiger partial charge is 0.481 e. The Morgan fingerprint density at radius 1 is 1.50 bits per heavy atom. The minimum Gasteiger partial charge on any atom is -0.481 e. The Kier molecular flexibility index (Phi) is 3.45. The number of rotatable bonds is 4. The highest BCUT2D eigenvalue weighted by atomic mass is 32.1. The van der Waals surface area contributed by atoms with Crippen LogP contribution in [0.4, 0.5) is 0 Å². The average molecular weight is 295 g/mol. The highest BCUT2D eigenvalue weighted by Gasteiger charge is 2.41. The Morgan fingerprint density at radius 2 is 2.30 bits per heavy atom. The highest BCUT2D eigenvalue weighted by Crippen LogP contribution is 2.33. The topological polar surface area (TPSA) is 103 Å². The van der Waals surface area contributed by atoms with Gasteiger partial charge >= 0.3 is 5.97 Å².